The summed E-state index contributed by atoms with van der Waals surface area (Å²) in [6.07, 6.45) is 6.64. The number of aromatic nitrogens is 3. The molecule has 0 aliphatic heterocycles. The van der Waals surface area contributed by atoms with Crippen LogP contribution < -0.4 is 10.5 Å². The lowest BCUT2D eigenvalue weighted by molar-refractivity contribution is 0.481. The second-order valence-electron chi connectivity index (χ2n) is 5.49. The van der Waals surface area contributed by atoms with E-state index in [2.05, 4.69) is 21.9 Å². The van der Waals surface area contributed by atoms with Gasteiger partial charge >= 0.3 is 0 Å². The van der Waals surface area contributed by atoms with Crippen LogP contribution in [0.1, 0.15) is 25.6 Å². The van der Waals surface area contributed by atoms with Gasteiger partial charge < -0.3 is 10.5 Å². The SMILES string of the molecule is CCCCc1nccc(Sc2cnc(N)c(Oc3ccccc3)c2)n1. The molecule has 3 rings (SSSR count). The molecule has 0 radical (unpaired) electrons. The maximum atomic E-state index is 5.94. The highest BCUT2D eigenvalue weighted by molar-refractivity contribution is 7.99. The number of rotatable bonds is 7. The van der Waals surface area contributed by atoms with Crippen molar-refractivity contribution in [2.24, 2.45) is 0 Å². The number of hydrogen-bond donors (Lipinski definition) is 1. The van der Waals surface area contributed by atoms with Gasteiger partial charge in [0.15, 0.2) is 11.6 Å². The molecule has 0 saturated heterocycles. The van der Waals surface area contributed by atoms with E-state index in [1.807, 2.05) is 42.5 Å². The minimum atomic E-state index is 0.361. The van der Waals surface area contributed by atoms with Crippen LogP contribution in [-0.2, 0) is 6.42 Å². The Morgan fingerprint density at radius 3 is 2.76 bits per heavy atom. The van der Waals surface area contributed by atoms with E-state index in [1.165, 1.54) is 11.8 Å². The largest absolute Gasteiger partial charge is 0.453 e. The van der Waals surface area contributed by atoms with Gasteiger partial charge in [-0.2, -0.15) is 0 Å². The fraction of sp³-hybridized carbons (Fsp3) is 0.211. The predicted molar refractivity (Wildman–Crippen MR) is 99.9 cm³/mol. The van der Waals surface area contributed by atoms with Crippen LogP contribution in [0, 0.1) is 0 Å². The van der Waals surface area contributed by atoms with Gasteiger partial charge in [-0.25, -0.2) is 15.0 Å². The summed E-state index contributed by atoms with van der Waals surface area (Å²) in [4.78, 5) is 14.1. The number of hydrogen-bond acceptors (Lipinski definition) is 6. The molecule has 0 spiro atoms. The molecule has 1 aromatic carbocycles. The molecule has 25 heavy (non-hydrogen) atoms. The molecule has 0 atom stereocenters. The van der Waals surface area contributed by atoms with Crippen molar-refractivity contribution in [2.45, 2.75) is 36.1 Å². The first kappa shape index (κ1) is 17.2. The molecular formula is C19H20N4OS. The van der Waals surface area contributed by atoms with Crippen molar-refractivity contribution in [3.63, 3.8) is 0 Å². The van der Waals surface area contributed by atoms with Crippen molar-refractivity contribution in [3.8, 4) is 11.5 Å². The molecule has 0 unspecified atom stereocenters. The highest BCUT2D eigenvalue weighted by atomic mass is 32.2. The van der Waals surface area contributed by atoms with E-state index < -0.39 is 0 Å². The van der Waals surface area contributed by atoms with E-state index in [4.69, 9.17) is 10.5 Å². The summed E-state index contributed by atoms with van der Waals surface area (Å²) in [6.45, 7) is 2.16. The number of para-hydroxylation sites is 1. The number of aryl methyl sites for hydroxylation is 1. The predicted octanol–water partition coefficient (Wildman–Crippen LogP) is 4.74. The van der Waals surface area contributed by atoms with Crippen molar-refractivity contribution >= 4 is 17.6 Å². The summed E-state index contributed by atoms with van der Waals surface area (Å²) in [5, 5.41) is 0.887. The van der Waals surface area contributed by atoms with Crippen molar-refractivity contribution < 1.29 is 4.74 Å². The first-order valence-electron chi connectivity index (χ1n) is 8.23. The average Bonchev–Trinajstić information content (AvgIpc) is 2.64. The number of nitrogens with zero attached hydrogens (tertiary/aromatic N) is 3. The molecule has 0 amide bonds. The van der Waals surface area contributed by atoms with Crippen LogP contribution in [0.3, 0.4) is 0 Å². The Hall–Kier alpha value is -2.60. The van der Waals surface area contributed by atoms with Gasteiger partial charge in [0, 0.05) is 29.8 Å². The quantitative estimate of drug-likeness (QED) is 0.619. The maximum absolute atomic E-state index is 5.94. The average molecular weight is 352 g/mol. The molecule has 0 aliphatic carbocycles. The molecule has 0 bridgehead atoms. The van der Waals surface area contributed by atoms with Crippen LogP contribution in [-0.4, -0.2) is 15.0 Å². The van der Waals surface area contributed by atoms with Gasteiger partial charge in [-0.1, -0.05) is 43.3 Å². The summed E-state index contributed by atoms with van der Waals surface area (Å²) < 4.78 is 5.83. The molecule has 6 heteroatoms. The highest BCUT2D eigenvalue weighted by Gasteiger charge is 2.08. The van der Waals surface area contributed by atoms with E-state index >= 15 is 0 Å². The Labute approximate surface area is 151 Å². The molecule has 128 valence electrons. The maximum Gasteiger partial charge on any atom is 0.170 e. The van der Waals surface area contributed by atoms with Crippen LogP contribution >= 0.6 is 11.8 Å². The van der Waals surface area contributed by atoms with Crippen molar-refractivity contribution in [1.29, 1.82) is 0 Å². The van der Waals surface area contributed by atoms with Gasteiger partial charge in [0.25, 0.3) is 0 Å². The standard InChI is InChI=1S/C19H20N4OS/c1-2-3-9-17-21-11-10-18(23-17)25-15-12-16(19(20)22-13-15)24-14-7-5-4-6-8-14/h4-8,10-13H,2-3,9H2,1H3,(H2,20,22). The molecular weight excluding hydrogens is 332 g/mol. The molecule has 0 fully saturated rings. The van der Waals surface area contributed by atoms with Crippen molar-refractivity contribution in [2.75, 3.05) is 5.73 Å². The van der Waals surface area contributed by atoms with Crippen molar-refractivity contribution in [1.82, 2.24) is 15.0 Å². The molecule has 2 heterocycles. The van der Waals surface area contributed by atoms with E-state index in [0.717, 1.165) is 40.8 Å². The third-order valence-corrected chi connectivity index (χ3v) is 4.38. The lowest BCUT2D eigenvalue weighted by Gasteiger charge is -2.09. The molecule has 2 N–H and O–H groups in total. The summed E-state index contributed by atoms with van der Waals surface area (Å²) >= 11 is 1.52. The van der Waals surface area contributed by atoms with Gasteiger partial charge in [-0.3, -0.25) is 0 Å². The number of unbranched alkanes of at least 4 members (excludes halogenated alkanes) is 1. The third-order valence-electron chi connectivity index (χ3n) is 3.48. The van der Waals surface area contributed by atoms with E-state index in [9.17, 15) is 0 Å². The minimum absolute atomic E-state index is 0.361. The zero-order chi connectivity index (χ0) is 17.5. The Bertz CT molecular complexity index is 827. The zero-order valence-electron chi connectivity index (χ0n) is 14.1. The molecule has 2 aromatic heterocycles. The van der Waals surface area contributed by atoms with Gasteiger partial charge in [0.05, 0.1) is 0 Å². The Balaban J connectivity index is 1.76. The van der Waals surface area contributed by atoms with Gasteiger partial charge in [0.1, 0.15) is 16.6 Å². The minimum Gasteiger partial charge on any atom is -0.453 e. The van der Waals surface area contributed by atoms with E-state index in [-0.39, 0.29) is 0 Å². The first-order chi connectivity index (χ1) is 12.2. The number of benzene rings is 1. The van der Waals surface area contributed by atoms with E-state index in [0.29, 0.717) is 11.6 Å². The number of pyridine rings is 1. The topological polar surface area (TPSA) is 73.9 Å². The zero-order valence-corrected chi connectivity index (χ0v) is 14.9. The smallest absolute Gasteiger partial charge is 0.170 e. The summed E-state index contributed by atoms with van der Waals surface area (Å²) in [5.74, 6) is 2.49. The summed E-state index contributed by atoms with van der Waals surface area (Å²) in [5.41, 5.74) is 5.94. The Morgan fingerprint density at radius 2 is 1.96 bits per heavy atom. The molecule has 0 saturated carbocycles. The number of ether oxygens (including phenoxy) is 1. The van der Waals surface area contributed by atoms with Gasteiger partial charge in [0.2, 0.25) is 0 Å². The number of anilines is 1. The van der Waals surface area contributed by atoms with Crippen LogP contribution in [0.4, 0.5) is 5.82 Å². The molecule has 5 nitrogen and oxygen atoms in total. The Morgan fingerprint density at radius 1 is 1.12 bits per heavy atom. The fourth-order valence-electron chi connectivity index (χ4n) is 2.20. The lowest BCUT2D eigenvalue weighted by atomic mass is 10.2. The number of nitrogen functional groups attached to an aromatic ring is 1. The summed E-state index contributed by atoms with van der Waals surface area (Å²) in [6, 6.07) is 13.3. The lowest BCUT2D eigenvalue weighted by Crippen LogP contribution is -1.97. The normalized spacial score (nSPS) is 10.6. The van der Waals surface area contributed by atoms with Crippen LogP contribution in [0.5, 0.6) is 11.5 Å². The van der Waals surface area contributed by atoms with Gasteiger partial charge in [-0.15, -0.1) is 0 Å². The van der Waals surface area contributed by atoms with Crippen molar-refractivity contribution in [3.05, 3.63) is 60.7 Å². The highest BCUT2D eigenvalue weighted by Crippen LogP contribution is 2.32. The monoisotopic (exact) mass is 352 g/mol. The van der Waals surface area contributed by atoms with Crippen LogP contribution in [0.2, 0.25) is 0 Å². The van der Waals surface area contributed by atoms with Crippen LogP contribution in [0.25, 0.3) is 0 Å². The summed E-state index contributed by atoms with van der Waals surface area (Å²) in [7, 11) is 0. The van der Waals surface area contributed by atoms with Gasteiger partial charge in [-0.05, 0) is 24.6 Å². The Kier molecular flexibility index (Phi) is 5.85. The fourth-order valence-corrected chi connectivity index (χ4v) is 3.00. The van der Waals surface area contributed by atoms with E-state index in [1.54, 1.807) is 12.4 Å². The number of nitrogens with two attached hydrogens (primary N) is 1. The second-order valence-corrected chi connectivity index (χ2v) is 6.58. The first-order valence-corrected chi connectivity index (χ1v) is 9.04. The molecule has 0 aliphatic rings. The van der Waals surface area contributed by atoms with Crippen LogP contribution in [0.15, 0.2) is 64.8 Å². The third kappa shape index (κ3) is 4.93. The molecule has 3 aromatic rings. The second kappa shape index (κ2) is 8.48.